The lowest BCUT2D eigenvalue weighted by atomic mass is 10.2. The Morgan fingerprint density at radius 1 is 1.64 bits per heavy atom. The second kappa shape index (κ2) is 5.75. The molecule has 1 rings (SSSR count). The van der Waals surface area contributed by atoms with Crippen LogP contribution in [0, 0.1) is 0 Å². The molecule has 1 amide bonds. The first kappa shape index (κ1) is 11.2. The first-order valence-electron chi connectivity index (χ1n) is 4.63. The fourth-order valence-electron chi connectivity index (χ4n) is 1.03. The molecule has 14 heavy (non-hydrogen) atoms. The minimum atomic E-state index is 0.0544. The van der Waals surface area contributed by atoms with Gasteiger partial charge in [-0.1, -0.05) is 13.3 Å². The highest BCUT2D eigenvalue weighted by Gasteiger charge is 2.03. The summed E-state index contributed by atoms with van der Waals surface area (Å²) < 4.78 is 0.810. The number of pyridine rings is 1. The fraction of sp³-hybridized carbons (Fsp3) is 0.400. The molecule has 0 saturated carbocycles. The quantitative estimate of drug-likeness (QED) is 0.900. The van der Waals surface area contributed by atoms with Crippen molar-refractivity contribution in [2.45, 2.75) is 26.2 Å². The van der Waals surface area contributed by atoms with E-state index in [1.165, 1.54) is 0 Å². The van der Waals surface area contributed by atoms with E-state index in [9.17, 15) is 4.79 Å². The Kier molecular flexibility index (Phi) is 4.59. The van der Waals surface area contributed by atoms with E-state index >= 15 is 0 Å². The van der Waals surface area contributed by atoms with E-state index in [0.29, 0.717) is 6.42 Å². The molecule has 0 spiro atoms. The van der Waals surface area contributed by atoms with Crippen LogP contribution >= 0.6 is 15.9 Å². The molecule has 0 atom stereocenters. The average Bonchev–Trinajstić information content (AvgIpc) is 2.18. The molecular weight excluding hydrogens is 244 g/mol. The Morgan fingerprint density at radius 2 is 2.43 bits per heavy atom. The van der Waals surface area contributed by atoms with Crippen LogP contribution in [0.25, 0.3) is 0 Å². The SMILES string of the molecule is CCCCC(=O)Nc1ccncc1Br. The van der Waals surface area contributed by atoms with E-state index in [0.717, 1.165) is 23.0 Å². The predicted octanol–water partition coefficient (Wildman–Crippen LogP) is 2.97. The molecule has 0 radical (unpaired) electrons. The van der Waals surface area contributed by atoms with Gasteiger partial charge in [0.15, 0.2) is 0 Å². The van der Waals surface area contributed by atoms with Crippen molar-refractivity contribution in [3.8, 4) is 0 Å². The first-order valence-corrected chi connectivity index (χ1v) is 5.42. The Bertz CT molecular complexity index is 315. The highest BCUT2D eigenvalue weighted by Crippen LogP contribution is 2.20. The van der Waals surface area contributed by atoms with Crippen LogP contribution in [0.3, 0.4) is 0 Å². The number of hydrogen-bond donors (Lipinski definition) is 1. The number of aromatic nitrogens is 1. The average molecular weight is 257 g/mol. The molecule has 3 nitrogen and oxygen atoms in total. The van der Waals surface area contributed by atoms with Gasteiger partial charge >= 0.3 is 0 Å². The number of unbranched alkanes of at least 4 members (excludes halogenated alkanes) is 1. The van der Waals surface area contributed by atoms with Crippen LogP contribution in [0.4, 0.5) is 5.69 Å². The van der Waals surface area contributed by atoms with Crippen LogP contribution < -0.4 is 5.32 Å². The molecule has 0 fully saturated rings. The molecule has 1 aromatic rings. The first-order chi connectivity index (χ1) is 6.74. The zero-order valence-corrected chi connectivity index (χ0v) is 9.67. The molecule has 0 aliphatic carbocycles. The van der Waals surface area contributed by atoms with Crippen LogP contribution in [0.1, 0.15) is 26.2 Å². The summed E-state index contributed by atoms with van der Waals surface area (Å²) >= 11 is 3.32. The summed E-state index contributed by atoms with van der Waals surface area (Å²) in [7, 11) is 0. The summed E-state index contributed by atoms with van der Waals surface area (Å²) in [4.78, 5) is 15.3. The van der Waals surface area contributed by atoms with E-state index < -0.39 is 0 Å². The molecule has 1 N–H and O–H groups in total. The molecule has 76 valence electrons. The third-order valence-electron chi connectivity index (χ3n) is 1.80. The second-order valence-electron chi connectivity index (χ2n) is 3.01. The normalized spacial score (nSPS) is 9.86. The molecule has 0 aromatic carbocycles. The van der Waals surface area contributed by atoms with Gasteiger partial charge in [-0.15, -0.1) is 0 Å². The maximum absolute atomic E-state index is 11.4. The smallest absolute Gasteiger partial charge is 0.224 e. The number of anilines is 1. The third-order valence-corrected chi connectivity index (χ3v) is 2.44. The van der Waals surface area contributed by atoms with Crippen molar-refractivity contribution >= 4 is 27.5 Å². The molecule has 0 bridgehead atoms. The van der Waals surface area contributed by atoms with Crippen molar-refractivity contribution < 1.29 is 4.79 Å². The van der Waals surface area contributed by atoms with Gasteiger partial charge in [-0.3, -0.25) is 9.78 Å². The van der Waals surface area contributed by atoms with Crippen LogP contribution in [0.5, 0.6) is 0 Å². The number of halogens is 1. The number of rotatable bonds is 4. The number of carbonyl (C=O) groups excluding carboxylic acids is 1. The fourth-order valence-corrected chi connectivity index (χ4v) is 1.38. The van der Waals surface area contributed by atoms with E-state index in [-0.39, 0.29) is 5.91 Å². The van der Waals surface area contributed by atoms with Crippen molar-refractivity contribution in [3.05, 3.63) is 22.9 Å². The molecule has 0 saturated heterocycles. The summed E-state index contributed by atoms with van der Waals surface area (Å²) in [5.41, 5.74) is 0.779. The summed E-state index contributed by atoms with van der Waals surface area (Å²) in [5.74, 6) is 0.0544. The summed E-state index contributed by atoms with van der Waals surface area (Å²) in [6.45, 7) is 2.07. The molecule has 1 heterocycles. The number of amides is 1. The van der Waals surface area contributed by atoms with E-state index in [1.807, 2.05) is 0 Å². The lowest BCUT2D eigenvalue weighted by molar-refractivity contribution is -0.116. The highest BCUT2D eigenvalue weighted by molar-refractivity contribution is 9.10. The van der Waals surface area contributed by atoms with Gasteiger partial charge in [-0.25, -0.2) is 0 Å². The summed E-state index contributed by atoms with van der Waals surface area (Å²) in [5, 5.41) is 2.82. The molecule has 0 aliphatic rings. The molecule has 0 unspecified atom stereocenters. The van der Waals surface area contributed by atoms with E-state index in [1.54, 1.807) is 18.5 Å². The topological polar surface area (TPSA) is 42.0 Å². The standard InChI is InChI=1S/C10H13BrN2O/c1-2-3-4-10(14)13-9-5-6-12-7-8(9)11/h5-7H,2-4H2,1H3,(H,12,13,14). The molecule has 4 heteroatoms. The zero-order valence-electron chi connectivity index (χ0n) is 8.09. The Balaban J connectivity index is 2.52. The lowest BCUT2D eigenvalue weighted by Crippen LogP contribution is -2.11. The van der Waals surface area contributed by atoms with Gasteiger partial charge in [-0.05, 0) is 28.4 Å². The monoisotopic (exact) mass is 256 g/mol. The zero-order chi connectivity index (χ0) is 10.4. The summed E-state index contributed by atoms with van der Waals surface area (Å²) in [6.07, 6.45) is 5.85. The molecule has 0 aliphatic heterocycles. The van der Waals surface area contributed by atoms with E-state index in [2.05, 4.69) is 33.2 Å². The number of nitrogens with one attached hydrogen (secondary N) is 1. The minimum Gasteiger partial charge on any atom is -0.325 e. The minimum absolute atomic E-state index is 0.0544. The van der Waals surface area contributed by atoms with Crippen LogP contribution in [-0.4, -0.2) is 10.9 Å². The van der Waals surface area contributed by atoms with Gasteiger partial charge in [0.1, 0.15) is 0 Å². The van der Waals surface area contributed by atoms with Gasteiger partial charge in [0.2, 0.25) is 5.91 Å². The van der Waals surface area contributed by atoms with Crippen molar-refractivity contribution in [1.82, 2.24) is 4.98 Å². The highest BCUT2D eigenvalue weighted by atomic mass is 79.9. The Morgan fingerprint density at radius 3 is 3.07 bits per heavy atom. The summed E-state index contributed by atoms with van der Waals surface area (Å²) in [6, 6.07) is 1.77. The van der Waals surface area contributed by atoms with E-state index in [4.69, 9.17) is 0 Å². The number of nitrogens with zero attached hydrogens (tertiary/aromatic N) is 1. The van der Waals surface area contributed by atoms with Crippen LogP contribution in [0.2, 0.25) is 0 Å². The van der Waals surface area contributed by atoms with Crippen molar-refractivity contribution in [3.63, 3.8) is 0 Å². The molecular formula is C10H13BrN2O. The van der Waals surface area contributed by atoms with Crippen LogP contribution in [-0.2, 0) is 4.79 Å². The van der Waals surface area contributed by atoms with Gasteiger partial charge in [-0.2, -0.15) is 0 Å². The predicted molar refractivity (Wildman–Crippen MR) is 60.1 cm³/mol. The van der Waals surface area contributed by atoms with Crippen molar-refractivity contribution in [1.29, 1.82) is 0 Å². The third kappa shape index (κ3) is 3.46. The Hall–Kier alpha value is -0.900. The van der Waals surface area contributed by atoms with Crippen LogP contribution in [0.15, 0.2) is 22.9 Å². The Labute approximate surface area is 92.1 Å². The molecule has 1 aromatic heterocycles. The largest absolute Gasteiger partial charge is 0.325 e. The lowest BCUT2D eigenvalue weighted by Gasteiger charge is -2.05. The number of hydrogen-bond acceptors (Lipinski definition) is 2. The van der Waals surface area contributed by atoms with Crippen molar-refractivity contribution in [2.24, 2.45) is 0 Å². The van der Waals surface area contributed by atoms with Crippen molar-refractivity contribution in [2.75, 3.05) is 5.32 Å². The maximum Gasteiger partial charge on any atom is 0.224 e. The van der Waals surface area contributed by atoms with Gasteiger partial charge in [0.05, 0.1) is 10.2 Å². The number of carbonyl (C=O) groups is 1. The second-order valence-corrected chi connectivity index (χ2v) is 3.86. The van der Waals surface area contributed by atoms with Gasteiger partial charge in [0, 0.05) is 18.8 Å². The van der Waals surface area contributed by atoms with Gasteiger partial charge in [0.25, 0.3) is 0 Å². The van der Waals surface area contributed by atoms with Gasteiger partial charge < -0.3 is 5.32 Å². The maximum atomic E-state index is 11.4.